The molecule has 0 heterocycles. The number of rotatable bonds is 0. The molecule has 1 nitrogen and oxygen atoms in total. The minimum atomic E-state index is 0. The number of aryl methyl sites for hydroxylation is 1. The molecule has 1 aliphatic rings. The van der Waals surface area contributed by atoms with Crippen LogP contribution >= 0.6 is 12.4 Å². The highest BCUT2D eigenvalue weighted by Crippen LogP contribution is 2.28. The van der Waals surface area contributed by atoms with Crippen LogP contribution in [-0.2, 0) is 6.42 Å². The van der Waals surface area contributed by atoms with E-state index in [0.717, 1.165) is 18.4 Å². The maximum Gasteiger partial charge on any atom is 0.0323 e. The molecule has 0 amide bonds. The molecule has 1 aliphatic carbocycles. The summed E-state index contributed by atoms with van der Waals surface area (Å²) < 4.78 is 0. The summed E-state index contributed by atoms with van der Waals surface area (Å²) in [6, 6.07) is 17.0. The first-order valence-corrected chi connectivity index (χ1v) is 5.61. The van der Waals surface area contributed by atoms with E-state index in [0.29, 0.717) is 0 Å². The Bertz CT molecular complexity index is 593. The van der Waals surface area contributed by atoms with Crippen molar-refractivity contribution in [3.8, 4) is 23.0 Å². The maximum absolute atomic E-state index is 3.26. The minimum absolute atomic E-state index is 0. The van der Waals surface area contributed by atoms with Gasteiger partial charge in [0.1, 0.15) is 0 Å². The summed E-state index contributed by atoms with van der Waals surface area (Å²) in [6.45, 7) is 0. The normalized spacial score (nSPS) is 11.1. The lowest BCUT2D eigenvalue weighted by Crippen LogP contribution is -1.94. The van der Waals surface area contributed by atoms with E-state index < -0.39 is 0 Å². The largest absolute Gasteiger partial charge is 0.344 e. The zero-order valence-electron chi connectivity index (χ0n) is 10.1. The van der Waals surface area contributed by atoms with E-state index in [-0.39, 0.29) is 18.6 Å². The second-order valence-corrected chi connectivity index (χ2v) is 4.00. The average Bonchev–Trinajstić information content (AvgIpc) is 2.33. The molecule has 0 saturated carbocycles. The van der Waals surface area contributed by atoms with E-state index in [4.69, 9.17) is 0 Å². The molecule has 2 aromatic carbocycles. The van der Waals surface area contributed by atoms with Gasteiger partial charge >= 0.3 is 0 Å². The van der Waals surface area contributed by atoms with Crippen molar-refractivity contribution in [3.05, 3.63) is 59.7 Å². The Morgan fingerprint density at radius 3 is 2.33 bits per heavy atom. The van der Waals surface area contributed by atoms with Gasteiger partial charge in [0.05, 0.1) is 0 Å². The third kappa shape index (κ3) is 2.56. The third-order valence-corrected chi connectivity index (χ3v) is 2.98. The molecule has 0 aromatic heterocycles. The van der Waals surface area contributed by atoms with Gasteiger partial charge in [-0.05, 0) is 29.2 Å². The van der Waals surface area contributed by atoms with E-state index >= 15 is 0 Å². The molecule has 0 saturated heterocycles. The highest BCUT2D eigenvalue weighted by atomic mass is 35.5. The monoisotopic (exact) mass is 257 g/mol. The summed E-state index contributed by atoms with van der Waals surface area (Å²) in [5.41, 5.74) is 5.16. The Labute approximate surface area is 114 Å². The predicted molar refractivity (Wildman–Crippen MR) is 79.3 cm³/mol. The maximum atomic E-state index is 3.26. The number of benzene rings is 2. The molecule has 0 unspecified atom stereocenters. The summed E-state index contributed by atoms with van der Waals surface area (Å²) in [5, 5.41) is 0. The van der Waals surface area contributed by atoms with Crippen molar-refractivity contribution >= 4 is 12.4 Å². The van der Waals surface area contributed by atoms with Crippen LogP contribution in [0.15, 0.2) is 48.5 Å². The first kappa shape index (κ1) is 14.3. The average molecular weight is 258 g/mol. The molecule has 2 heteroatoms. The van der Waals surface area contributed by atoms with Crippen molar-refractivity contribution in [3.63, 3.8) is 0 Å². The molecule has 3 rings (SSSR count). The topological polar surface area (TPSA) is 35.0 Å². The fourth-order valence-corrected chi connectivity index (χ4v) is 2.18. The van der Waals surface area contributed by atoms with Gasteiger partial charge in [-0.3, -0.25) is 0 Å². The van der Waals surface area contributed by atoms with Crippen LogP contribution in [0.25, 0.3) is 11.1 Å². The van der Waals surface area contributed by atoms with Crippen molar-refractivity contribution in [2.75, 3.05) is 0 Å². The van der Waals surface area contributed by atoms with E-state index in [9.17, 15) is 0 Å². The molecule has 0 bridgehead atoms. The van der Waals surface area contributed by atoms with Crippen molar-refractivity contribution in [2.24, 2.45) is 0 Å². The van der Waals surface area contributed by atoms with Gasteiger partial charge in [0.15, 0.2) is 0 Å². The molecular formula is C16H16ClN. The molecule has 18 heavy (non-hydrogen) atoms. The molecule has 0 aliphatic heterocycles. The zero-order valence-corrected chi connectivity index (χ0v) is 11.0. The molecule has 0 fully saturated rings. The fourth-order valence-electron chi connectivity index (χ4n) is 2.18. The Morgan fingerprint density at radius 1 is 0.833 bits per heavy atom. The van der Waals surface area contributed by atoms with Crippen LogP contribution in [0, 0.1) is 11.8 Å². The lowest BCUT2D eigenvalue weighted by Gasteiger charge is -2.12. The lowest BCUT2D eigenvalue weighted by molar-refractivity contribution is 1.03. The van der Waals surface area contributed by atoms with Gasteiger partial charge in [-0.15, -0.1) is 12.4 Å². The zero-order chi connectivity index (χ0) is 10.8. The SMILES string of the molecule is C1#Cc2ccccc2-c2ccccc2CC1.Cl.N. The van der Waals surface area contributed by atoms with Crippen molar-refractivity contribution in [1.29, 1.82) is 0 Å². The van der Waals surface area contributed by atoms with Crippen LogP contribution in [0.4, 0.5) is 0 Å². The summed E-state index contributed by atoms with van der Waals surface area (Å²) in [4.78, 5) is 0. The summed E-state index contributed by atoms with van der Waals surface area (Å²) in [5.74, 6) is 6.49. The number of hydrogen-bond acceptors (Lipinski definition) is 1. The van der Waals surface area contributed by atoms with Crippen molar-refractivity contribution in [2.45, 2.75) is 12.8 Å². The number of hydrogen-bond donors (Lipinski definition) is 1. The summed E-state index contributed by atoms with van der Waals surface area (Å²) >= 11 is 0. The second kappa shape index (κ2) is 6.26. The van der Waals surface area contributed by atoms with Crippen molar-refractivity contribution < 1.29 is 0 Å². The van der Waals surface area contributed by atoms with E-state index in [2.05, 4.69) is 60.4 Å². The van der Waals surface area contributed by atoms with Gasteiger partial charge in [-0.2, -0.15) is 0 Å². The highest BCUT2D eigenvalue weighted by molar-refractivity contribution is 5.85. The van der Waals surface area contributed by atoms with Gasteiger partial charge in [-0.25, -0.2) is 0 Å². The number of fused-ring (bicyclic) bond motifs is 3. The summed E-state index contributed by atoms with van der Waals surface area (Å²) in [7, 11) is 0. The molecule has 3 N–H and O–H groups in total. The molecule has 0 atom stereocenters. The Morgan fingerprint density at radius 2 is 1.50 bits per heavy atom. The molecule has 0 radical (unpaired) electrons. The van der Waals surface area contributed by atoms with Crippen molar-refractivity contribution in [1.82, 2.24) is 6.15 Å². The molecule has 2 aromatic rings. The predicted octanol–water partition coefficient (Wildman–Crippen LogP) is 4.24. The quantitative estimate of drug-likeness (QED) is 0.704. The van der Waals surface area contributed by atoms with Gasteiger partial charge in [0.25, 0.3) is 0 Å². The molecule has 92 valence electrons. The molecule has 0 spiro atoms. The standard InChI is InChI=1S/C16H12.ClH.H3N/c1-2-8-14-10-4-6-12-16(14)15-11-5-3-9-13(15)7-1;;/h3-6,9-12H,1,7H2;1H;1H3. The van der Waals surface area contributed by atoms with Crippen LogP contribution in [0.2, 0.25) is 0 Å². The Kier molecular flexibility index (Phi) is 4.97. The first-order chi connectivity index (χ1) is 7.95. The van der Waals surface area contributed by atoms with E-state index in [1.54, 1.807) is 0 Å². The van der Waals surface area contributed by atoms with Crippen LogP contribution in [0.5, 0.6) is 0 Å². The third-order valence-electron chi connectivity index (χ3n) is 2.98. The number of halogens is 1. The Balaban J connectivity index is 0.000000810. The minimum Gasteiger partial charge on any atom is -0.344 e. The smallest absolute Gasteiger partial charge is 0.0323 e. The summed E-state index contributed by atoms with van der Waals surface area (Å²) in [6.07, 6.45) is 2.00. The van der Waals surface area contributed by atoms with Crippen LogP contribution in [0.3, 0.4) is 0 Å². The van der Waals surface area contributed by atoms with Crippen LogP contribution in [-0.4, -0.2) is 0 Å². The van der Waals surface area contributed by atoms with E-state index in [1.165, 1.54) is 16.7 Å². The highest BCUT2D eigenvalue weighted by Gasteiger charge is 2.08. The second-order valence-electron chi connectivity index (χ2n) is 4.00. The van der Waals surface area contributed by atoms with Gasteiger partial charge in [0, 0.05) is 12.0 Å². The van der Waals surface area contributed by atoms with Crippen LogP contribution in [0.1, 0.15) is 17.5 Å². The van der Waals surface area contributed by atoms with Gasteiger partial charge < -0.3 is 6.15 Å². The molecular weight excluding hydrogens is 242 g/mol. The first-order valence-electron chi connectivity index (χ1n) is 5.61. The fraction of sp³-hybridized carbons (Fsp3) is 0.125. The van der Waals surface area contributed by atoms with Crippen LogP contribution < -0.4 is 6.15 Å². The van der Waals surface area contributed by atoms with E-state index in [1.807, 2.05) is 0 Å². The Hall–Kier alpha value is -1.75. The van der Waals surface area contributed by atoms with Gasteiger partial charge in [-0.1, -0.05) is 54.3 Å². The van der Waals surface area contributed by atoms with Gasteiger partial charge in [0.2, 0.25) is 0 Å². The lowest BCUT2D eigenvalue weighted by atomic mass is 9.92.